The van der Waals surface area contributed by atoms with Gasteiger partial charge in [-0.05, 0) is 60.3 Å². The van der Waals surface area contributed by atoms with Crippen LogP contribution < -0.4 is 11.3 Å². The molecule has 0 aliphatic rings. The van der Waals surface area contributed by atoms with Crippen molar-refractivity contribution in [3.63, 3.8) is 0 Å². The highest BCUT2D eigenvalue weighted by Crippen LogP contribution is 2.32. The van der Waals surface area contributed by atoms with Crippen LogP contribution in [-0.2, 0) is 6.42 Å². The lowest BCUT2D eigenvalue weighted by molar-refractivity contribution is 0.560. The predicted molar refractivity (Wildman–Crippen MR) is 86.4 cm³/mol. The molecule has 0 aliphatic heterocycles. The van der Waals surface area contributed by atoms with Gasteiger partial charge in [-0.1, -0.05) is 29.3 Å². The molecule has 19 heavy (non-hydrogen) atoms. The van der Waals surface area contributed by atoms with E-state index in [1.54, 1.807) is 11.3 Å². The fourth-order valence-electron chi connectivity index (χ4n) is 2.32. The van der Waals surface area contributed by atoms with E-state index in [9.17, 15) is 0 Å². The second kappa shape index (κ2) is 6.18. The Balaban J connectivity index is 2.23. The standard InChI is InChI=1S/C15H19BrN2S/c1-9-4-10(2)6-12(5-9)8-13(18-17)14-7-11(3)15(16)19-14/h4-7,13,18H,8,17H2,1-3H3. The van der Waals surface area contributed by atoms with E-state index in [0.717, 1.165) is 6.42 Å². The summed E-state index contributed by atoms with van der Waals surface area (Å²) in [7, 11) is 0. The molecule has 0 radical (unpaired) electrons. The van der Waals surface area contributed by atoms with E-state index in [4.69, 9.17) is 5.84 Å². The van der Waals surface area contributed by atoms with Crippen LogP contribution >= 0.6 is 27.3 Å². The van der Waals surface area contributed by atoms with Gasteiger partial charge in [0.05, 0.1) is 9.83 Å². The van der Waals surface area contributed by atoms with Gasteiger partial charge < -0.3 is 0 Å². The molecule has 1 atom stereocenters. The summed E-state index contributed by atoms with van der Waals surface area (Å²) in [5.74, 6) is 5.73. The van der Waals surface area contributed by atoms with E-state index in [1.807, 2.05) is 0 Å². The van der Waals surface area contributed by atoms with Crippen molar-refractivity contribution in [1.82, 2.24) is 5.43 Å². The first-order valence-corrected chi connectivity index (χ1v) is 7.89. The summed E-state index contributed by atoms with van der Waals surface area (Å²) in [4.78, 5) is 1.27. The number of nitrogens with one attached hydrogen (secondary N) is 1. The molecule has 1 unspecified atom stereocenters. The van der Waals surface area contributed by atoms with Gasteiger partial charge in [0.1, 0.15) is 0 Å². The van der Waals surface area contributed by atoms with Crippen molar-refractivity contribution in [3.8, 4) is 0 Å². The molecule has 102 valence electrons. The van der Waals surface area contributed by atoms with Crippen molar-refractivity contribution in [2.45, 2.75) is 33.2 Å². The first-order valence-electron chi connectivity index (χ1n) is 6.28. The number of hydrazine groups is 1. The van der Waals surface area contributed by atoms with Crippen molar-refractivity contribution in [2.24, 2.45) is 5.84 Å². The first kappa shape index (κ1) is 14.7. The highest BCUT2D eigenvalue weighted by Gasteiger charge is 2.15. The predicted octanol–water partition coefficient (Wildman–Crippen LogP) is 4.18. The number of aryl methyl sites for hydroxylation is 3. The van der Waals surface area contributed by atoms with E-state index in [1.165, 1.54) is 30.9 Å². The van der Waals surface area contributed by atoms with Crippen LogP contribution in [0.3, 0.4) is 0 Å². The average Bonchev–Trinajstić information content (AvgIpc) is 2.65. The minimum Gasteiger partial charge on any atom is -0.271 e. The minimum atomic E-state index is 0.163. The minimum absolute atomic E-state index is 0.163. The molecule has 4 heteroatoms. The van der Waals surface area contributed by atoms with Crippen molar-refractivity contribution >= 4 is 27.3 Å². The molecule has 0 aliphatic carbocycles. The van der Waals surface area contributed by atoms with Gasteiger partial charge in [-0.25, -0.2) is 0 Å². The number of rotatable bonds is 4. The number of hydrogen-bond donors (Lipinski definition) is 2. The zero-order valence-electron chi connectivity index (χ0n) is 11.5. The molecule has 0 bridgehead atoms. The highest BCUT2D eigenvalue weighted by atomic mass is 79.9. The summed E-state index contributed by atoms with van der Waals surface area (Å²) >= 11 is 5.32. The Morgan fingerprint density at radius 1 is 1.16 bits per heavy atom. The summed E-state index contributed by atoms with van der Waals surface area (Å²) in [6.07, 6.45) is 0.908. The van der Waals surface area contributed by atoms with Crippen molar-refractivity contribution < 1.29 is 0 Å². The molecule has 2 nitrogen and oxygen atoms in total. The van der Waals surface area contributed by atoms with E-state index < -0.39 is 0 Å². The van der Waals surface area contributed by atoms with Crippen LogP contribution in [0, 0.1) is 20.8 Å². The Kier molecular flexibility index (Phi) is 4.79. The Bertz CT molecular complexity index is 538. The van der Waals surface area contributed by atoms with Crippen LogP contribution in [0.5, 0.6) is 0 Å². The normalized spacial score (nSPS) is 12.7. The third-order valence-corrected chi connectivity index (χ3v) is 5.39. The van der Waals surface area contributed by atoms with Crippen LogP contribution in [0.1, 0.15) is 33.2 Å². The van der Waals surface area contributed by atoms with E-state index >= 15 is 0 Å². The third kappa shape index (κ3) is 3.66. The number of hydrogen-bond acceptors (Lipinski definition) is 3. The molecular formula is C15H19BrN2S. The molecular weight excluding hydrogens is 320 g/mol. The number of halogens is 1. The fourth-order valence-corrected chi connectivity index (χ4v) is 3.95. The monoisotopic (exact) mass is 338 g/mol. The highest BCUT2D eigenvalue weighted by molar-refractivity contribution is 9.11. The summed E-state index contributed by atoms with van der Waals surface area (Å²) in [5, 5.41) is 0. The van der Waals surface area contributed by atoms with Crippen molar-refractivity contribution in [1.29, 1.82) is 0 Å². The maximum absolute atomic E-state index is 5.73. The molecule has 0 fully saturated rings. The van der Waals surface area contributed by atoms with E-state index in [-0.39, 0.29) is 6.04 Å². The molecule has 0 saturated carbocycles. The Labute approximate surface area is 127 Å². The SMILES string of the molecule is Cc1cc(C)cc(CC(NN)c2cc(C)c(Br)s2)c1. The van der Waals surface area contributed by atoms with Gasteiger partial charge in [0, 0.05) is 4.88 Å². The lowest BCUT2D eigenvalue weighted by Crippen LogP contribution is -2.29. The van der Waals surface area contributed by atoms with Gasteiger partial charge in [0.2, 0.25) is 0 Å². The van der Waals surface area contributed by atoms with Gasteiger partial charge in [0.15, 0.2) is 0 Å². The smallest absolute Gasteiger partial charge is 0.0731 e. The molecule has 1 aromatic carbocycles. The van der Waals surface area contributed by atoms with Gasteiger partial charge in [-0.15, -0.1) is 11.3 Å². The number of nitrogens with two attached hydrogens (primary N) is 1. The summed E-state index contributed by atoms with van der Waals surface area (Å²) < 4.78 is 1.18. The fraction of sp³-hybridized carbons (Fsp3) is 0.333. The van der Waals surface area contributed by atoms with Crippen LogP contribution in [-0.4, -0.2) is 0 Å². The molecule has 2 aromatic rings. The maximum atomic E-state index is 5.73. The zero-order chi connectivity index (χ0) is 14.0. The van der Waals surface area contributed by atoms with Crippen LogP contribution in [0.2, 0.25) is 0 Å². The van der Waals surface area contributed by atoms with Crippen molar-refractivity contribution in [2.75, 3.05) is 0 Å². The molecule has 0 saturated heterocycles. The van der Waals surface area contributed by atoms with Crippen molar-refractivity contribution in [3.05, 3.63) is 55.2 Å². The lowest BCUT2D eigenvalue weighted by atomic mass is 10.0. The van der Waals surface area contributed by atoms with Gasteiger partial charge >= 0.3 is 0 Å². The molecule has 0 spiro atoms. The van der Waals surface area contributed by atoms with E-state index in [0.29, 0.717) is 0 Å². The third-order valence-electron chi connectivity index (χ3n) is 3.14. The van der Waals surface area contributed by atoms with Gasteiger partial charge in [0.25, 0.3) is 0 Å². The Morgan fingerprint density at radius 3 is 2.26 bits per heavy atom. The second-order valence-electron chi connectivity index (χ2n) is 5.02. The first-order chi connectivity index (χ1) is 8.99. The topological polar surface area (TPSA) is 38.0 Å². The number of benzene rings is 1. The molecule has 0 amide bonds. The zero-order valence-corrected chi connectivity index (χ0v) is 13.9. The second-order valence-corrected chi connectivity index (χ2v) is 7.43. The Hall–Kier alpha value is -0.680. The van der Waals surface area contributed by atoms with Gasteiger partial charge in [-0.2, -0.15) is 0 Å². The van der Waals surface area contributed by atoms with Crippen LogP contribution in [0.4, 0.5) is 0 Å². The van der Waals surface area contributed by atoms with E-state index in [2.05, 4.69) is 66.4 Å². The van der Waals surface area contributed by atoms with Crippen LogP contribution in [0.15, 0.2) is 28.1 Å². The summed E-state index contributed by atoms with van der Waals surface area (Å²) in [5.41, 5.74) is 8.12. The molecule has 2 rings (SSSR count). The largest absolute Gasteiger partial charge is 0.271 e. The number of thiophene rings is 1. The Morgan fingerprint density at radius 2 is 1.79 bits per heavy atom. The van der Waals surface area contributed by atoms with Crippen LogP contribution in [0.25, 0.3) is 0 Å². The van der Waals surface area contributed by atoms with Gasteiger partial charge in [-0.3, -0.25) is 11.3 Å². The maximum Gasteiger partial charge on any atom is 0.0731 e. The summed E-state index contributed by atoms with van der Waals surface area (Å²) in [6, 6.07) is 9.01. The lowest BCUT2D eigenvalue weighted by Gasteiger charge is -2.15. The molecule has 1 aromatic heterocycles. The summed E-state index contributed by atoms with van der Waals surface area (Å²) in [6.45, 7) is 6.37. The molecule has 3 N–H and O–H groups in total. The average molecular weight is 339 g/mol. The quantitative estimate of drug-likeness (QED) is 0.648. The molecule has 1 heterocycles.